The minimum absolute atomic E-state index is 0.121. The van der Waals surface area contributed by atoms with E-state index < -0.39 is 23.7 Å². The first kappa shape index (κ1) is 27.9. The summed E-state index contributed by atoms with van der Waals surface area (Å²) in [5, 5.41) is 30.7. The summed E-state index contributed by atoms with van der Waals surface area (Å²) in [6.07, 6.45) is 14.3. The van der Waals surface area contributed by atoms with Gasteiger partial charge in [0.25, 0.3) is 0 Å². The molecule has 35 heavy (non-hydrogen) atoms. The van der Waals surface area contributed by atoms with Crippen molar-refractivity contribution in [3.63, 3.8) is 0 Å². The van der Waals surface area contributed by atoms with Gasteiger partial charge in [-0.25, -0.2) is 0 Å². The topological polar surface area (TPSA) is 87.0 Å². The van der Waals surface area contributed by atoms with Crippen LogP contribution in [0.3, 0.4) is 0 Å². The molecule has 0 radical (unpaired) electrons. The van der Waals surface area contributed by atoms with Gasteiger partial charge >= 0.3 is 5.97 Å². The van der Waals surface area contributed by atoms with Crippen molar-refractivity contribution in [2.24, 2.45) is 22.7 Å². The maximum Gasteiger partial charge on any atom is 0.314 e. The summed E-state index contributed by atoms with van der Waals surface area (Å²) in [4.78, 5) is 12.4. The Morgan fingerprint density at radius 2 is 1.91 bits per heavy atom. The molecule has 0 unspecified atom stereocenters. The Bertz CT molecular complexity index is 854. The predicted molar refractivity (Wildman–Crippen MR) is 140 cm³/mol. The minimum atomic E-state index is -1.01. The lowest BCUT2D eigenvalue weighted by Gasteiger charge is -2.42. The largest absolute Gasteiger partial charge is 0.465 e. The van der Waals surface area contributed by atoms with E-state index in [9.17, 15) is 20.1 Å². The fourth-order valence-electron chi connectivity index (χ4n) is 6.45. The Morgan fingerprint density at radius 1 is 1.23 bits per heavy atom. The first-order valence-electron chi connectivity index (χ1n) is 13.5. The maximum atomic E-state index is 12.4. The van der Waals surface area contributed by atoms with E-state index in [4.69, 9.17) is 4.74 Å². The zero-order chi connectivity index (χ0) is 25.8. The third kappa shape index (κ3) is 6.36. The Kier molecular flexibility index (Phi) is 9.22. The number of fused-ring (bicyclic) bond motifs is 1. The van der Waals surface area contributed by atoms with E-state index in [2.05, 4.69) is 25.7 Å². The molecule has 3 rings (SSSR count). The van der Waals surface area contributed by atoms with E-state index in [1.165, 1.54) is 5.57 Å². The molecule has 5 nitrogen and oxygen atoms in total. The molecule has 0 spiro atoms. The first-order chi connectivity index (χ1) is 16.5. The highest BCUT2D eigenvalue weighted by atomic mass is 16.5. The predicted octanol–water partition coefficient (Wildman–Crippen LogP) is 5.41. The number of carbonyl (C=O) groups is 1. The molecule has 0 heterocycles. The summed E-state index contributed by atoms with van der Waals surface area (Å²) in [6, 6.07) is 0. The molecule has 3 saturated carbocycles. The second-order valence-corrected chi connectivity index (χ2v) is 11.8. The van der Waals surface area contributed by atoms with Crippen LogP contribution in [0, 0.1) is 22.7 Å². The lowest BCUT2D eigenvalue weighted by atomic mass is 9.62. The molecule has 0 aliphatic heterocycles. The molecule has 3 aliphatic rings. The van der Waals surface area contributed by atoms with Crippen molar-refractivity contribution in [1.29, 1.82) is 0 Å². The summed E-state index contributed by atoms with van der Waals surface area (Å²) in [5.41, 5.74) is 2.73. The molecule has 0 bridgehead atoms. The van der Waals surface area contributed by atoms with Crippen molar-refractivity contribution in [1.82, 2.24) is 0 Å². The lowest BCUT2D eigenvalue weighted by Crippen LogP contribution is -2.37. The van der Waals surface area contributed by atoms with Crippen LogP contribution in [-0.4, -0.2) is 46.2 Å². The van der Waals surface area contributed by atoms with Gasteiger partial charge in [0.1, 0.15) is 0 Å². The number of carbonyl (C=O) groups excluding carboxylic acids is 1. The molecule has 0 aromatic rings. The molecule has 0 saturated heterocycles. The van der Waals surface area contributed by atoms with E-state index in [0.717, 1.165) is 49.7 Å². The number of hydrogen-bond acceptors (Lipinski definition) is 5. The molecule has 196 valence electrons. The summed E-state index contributed by atoms with van der Waals surface area (Å²) >= 11 is 0. The summed E-state index contributed by atoms with van der Waals surface area (Å²) in [5.74, 6) is 0.442. The van der Waals surface area contributed by atoms with Crippen LogP contribution in [0.4, 0.5) is 0 Å². The van der Waals surface area contributed by atoms with Gasteiger partial charge in [0.05, 0.1) is 30.3 Å². The van der Waals surface area contributed by atoms with Crippen molar-refractivity contribution >= 4 is 5.97 Å². The standard InChI is InChI=1S/C30H46O5/c1-6-16-35-28(34)29(3,4)27(33)14-9-20(2)25-12-13-26-22(8-7-15-30(25,26)5)11-10-21-17-23(31)19-24(32)18-21/h9-11,14,23-27,31-33H,2,6-8,12-13,15-19H2,1,3-5H3/t23-,24-,25-,26+,27-,30-/m1/s1. The molecule has 0 amide bonds. The highest BCUT2D eigenvalue weighted by Crippen LogP contribution is 2.59. The van der Waals surface area contributed by atoms with Gasteiger partial charge in [-0.05, 0) is 88.9 Å². The van der Waals surface area contributed by atoms with E-state index in [0.29, 0.717) is 37.7 Å². The van der Waals surface area contributed by atoms with Gasteiger partial charge in [-0.15, -0.1) is 0 Å². The van der Waals surface area contributed by atoms with Crippen molar-refractivity contribution in [2.45, 2.75) is 104 Å². The van der Waals surface area contributed by atoms with E-state index in [1.54, 1.807) is 19.9 Å². The normalized spacial score (nSPS) is 33.6. The summed E-state index contributed by atoms with van der Waals surface area (Å²) in [6.45, 7) is 12.5. The van der Waals surface area contributed by atoms with E-state index >= 15 is 0 Å². The van der Waals surface area contributed by atoms with Crippen LogP contribution in [0.2, 0.25) is 0 Å². The monoisotopic (exact) mass is 486 g/mol. The molecular weight excluding hydrogens is 440 g/mol. The average molecular weight is 487 g/mol. The van der Waals surface area contributed by atoms with Crippen molar-refractivity contribution in [2.75, 3.05) is 6.61 Å². The molecular formula is C30H46O5. The Morgan fingerprint density at radius 3 is 2.57 bits per heavy atom. The highest BCUT2D eigenvalue weighted by molar-refractivity contribution is 5.77. The van der Waals surface area contributed by atoms with Gasteiger partial charge in [-0.2, -0.15) is 0 Å². The van der Waals surface area contributed by atoms with Crippen molar-refractivity contribution < 1.29 is 24.9 Å². The number of esters is 1. The molecule has 3 aliphatic carbocycles. The lowest BCUT2D eigenvalue weighted by molar-refractivity contribution is -0.158. The summed E-state index contributed by atoms with van der Waals surface area (Å²) < 4.78 is 5.27. The average Bonchev–Trinajstić information content (AvgIpc) is 3.16. The van der Waals surface area contributed by atoms with Gasteiger partial charge in [0.2, 0.25) is 0 Å². The van der Waals surface area contributed by atoms with Gasteiger partial charge in [-0.3, -0.25) is 4.79 Å². The van der Waals surface area contributed by atoms with Gasteiger partial charge in [0, 0.05) is 0 Å². The molecule has 0 aromatic heterocycles. The quantitative estimate of drug-likeness (QED) is 0.315. The maximum absolute atomic E-state index is 12.4. The van der Waals surface area contributed by atoms with Gasteiger partial charge < -0.3 is 20.1 Å². The van der Waals surface area contributed by atoms with E-state index in [-0.39, 0.29) is 11.4 Å². The SMILES string of the molecule is C=C(C=C[C@@H](O)C(C)(C)C(=O)OCCC)[C@H]1CC[C@H]2C(=CC=C3C[C@@H](O)C[C@H](O)C3)CCC[C@]12C. The number of ether oxygens (including phenoxy) is 1. The van der Waals surface area contributed by atoms with Gasteiger partial charge in [-0.1, -0.05) is 61.4 Å². The van der Waals surface area contributed by atoms with Crippen molar-refractivity contribution in [3.05, 3.63) is 47.6 Å². The molecule has 3 N–H and O–H groups in total. The Hall–Kier alpha value is -1.69. The smallest absolute Gasteiger partial charge is 0.314 e. The van der Waals surface area contributed by atoms with Crippen molar-refractivity contribution in [3.8, 4) is 0 Å². The minimum Gasteiger partial charge on any atom is -0.465 e. The molecule has 0 aromatic carbocycles. The zero-order valence-corrected chi connectivity index (χ0v) is 22.1. The van der Waals surface area contributed by atoms with Crippen LogP contribution in [0.5, 0.6) is 0 Å². The van der Waals surface area contributed by atoms with Crippen LogP contribution in [-0.2, 0) is 9.53 Å². The van der Waals surface area contributed by atoms with Gasteiger partial charge in [0.15, 0.2) is 0 Å². The fourth-order valence-corrected chi connectivity index (χ4v) is 6.45. The molecule has 3 fully saturated rings. The number of aliphatic hydroxyl groups is 3. The van der Waals surface area contributed by atoms with Crippen LogP contribution < -0.4 is 0 Å². The molecule has 6 atom stereocenters. The third-order valence-electron chi connectivity index (χ3n) is 8.68. The fraction of sp³-hybridized carbons (Fsp3) is 0.700. The van der Waals surface area contributed by atoms with E-state index in [1.807, 2.05) is 13.0 Å². The number of rotatable bonds is 8. The second kappa shape index (κ2) is 11.6. The third-order valence-corrected chi connectivity index (χ3v) is 8.68. The van der Waals surface area contributed by atoms with Crippen LogP contribution in [0.15, 0.2) is 47.6 Å². The molecule has 5 heteroatoms. The van der Waals surface area contributed by atoms with Crippen LogP contribution in [0.25, 0.3) is 0 Å². The highest BCUT2D eigenvalue weighted by Gasteiger charge is 2.49. The Labute approximate surface area is 211 Å². The number of allylic oxidation sites excluding steroid dienone is 5. The first-order valence-corrected chi connectivity index (χ1v) is 13.5. The summed E-state index contributed by atoms with van der Waals surface area (Å²) in [7, 11) is 0. The van der Waals surface area contributed by atoms with Crippen LogP contribution >= 0.6 is 0 Å². The number of aliphatic hydroxyl groups excluding tert-OH is 3. The zero-order valence-electron chi connectivity index (χ0n) is 22.1. The Balaban J connectivity index is 1.69. The second-order valence-electron chi connectivity index (χ2n) is 11.8. The van der Waals surface area contributed by atoms with Crippen LogP contribution in [0.1, 0.15) is 85.5 Å². The number of hydrogen-bond donors (Lipinski definition) is 3.